The highest BCUT2D eigenvalue weighted by Crippen LogP contribution is 2.22. The molecule has 5 heteroatoms. The molecule has 0 saturated carbocycles. The Hall–Kier alpha value is -2.97. The number of allylic oxidation sites excluding steroid dienone is 5. The van der Waals surface area contributed by atoms with Gasteiger partial charge in [0, 0.05) is 31.6 Å². The van der Waals surface area contributed by atoms with Gasteiger partial charge in [-0.2, -0.15) is 0 Å². The average molecular weight is 391 g/mol. The average Bonchev–Trinajstić information content (AvgIpc) is 3.23. The molecule has 5 nitrogen and oxygen atoms in total. The fraction of sp³-hybridized carbons (Fsp3) is 0.375. The van der Waals surface area contributed by atoms with Crippen LogP contribution in [0.3, 0.4) is 0 Å². The lowest BCUT2D eigenvalue weighted by molar-refractivity contribution is 0.738. The van der Waals surface area contributed by atoms with Gasteiger partial charge in [-0.1, -0.05) is 18.2 Å². The number of nitrogens with one attached hydrogen (secondary N) is 2. The van der Waals surface area contributed by atoms with E-state index < -0.39 is 0 Å². The van der Waals surface area contributed by atoms with E-state index in [0.29, 0.717) is 6.04 Å². The number of benzene rings is 1. The van der Waals surface area contributed by atoms with Crippen LogP contribution in [-0.2, 0) is 0 Å². The van der Waals surface area contributed by atoms with E-state index in [1.807, 2.05) is 58.2 Å². The molecule has 1 aromatic rings. The van der Waals surface area contributed by atoms with Crippen molar-refractivity contribution in [2.45, 2.75) is 40.2 Å². The molecule has 0 bridgehead atoms. The summed E-state index contributed by atoms with van der Waals surface area (Å²) in [7, 11) is 1.77. The SMILES string of the molecule is C#[N+]/C(=C\C(C)=C(/C)NC(C)=NC1CCNC1)c1ccc(/C(C=NC)=C/C)cc1. The highest BCUT2D eigenvalue weighted by Gasteiger charge is 2.14. The lowest BCUT2D eigenvalue weighted by Crippen LogP contribution is -2.22. The lowest BCUT2D eigenvalue weighted by atomic mass is 10.0. The predicted octanol–water partition coefficient (Wildman–Crippen LogP) is 4.76. The molecule has 1 fully saturated rings. The first kappa shape index (κ1) is 22.3. The molecule has 1 heterocycles. The molecule has 1 unspecified atom stereocenters. The zero-order valence-electron chi connectivity index (χ0n) is 18.2. The molecule has 152 valence electrons. The molecule has 1 saturated heterocycles. The summed E-state index contributed by atoms with van der Waals surface area (Å²) in [4.78, 5) is 12.8. The Kier molecular flexibility index (Phi) is 8.57. The smallest absolute Gasteiger partial charge is 0.347 e. The molecule has 0 aliphatic carbocycles. The van der Waals surface area contributed by atoms with Crippen molar-refractivity contribution in [2.24, 2.45) is 9.98 Å². The van der Waals surface area contributed by atoms with Gasteiger partial charge in [-0.15, -0.1) is 0 Å². The molecule has 1 aromatic carbocycles. The number of nitrogens with zero attached hydrogens (tertiary/aromatic N) is 3. The topological polar surface area (TPSA) is 53.1 Å². The van der Waals surface area contributed by atoms with Crippen LogP contribution < -0.4 is 10.6 Å². The van der Waals surface area contributed by atoms with Crippen LogP contribution in [0.1, 0.15) is 45.2 Å². The van der Waals surface area contributed by atoms with E-state index in [2.05, 4.69) is 32.6 Å². The maximum atomic E-state index is 5.69. The minimum atomic E-state index is 0.360. The fourth-order valence-electron chi connectivity index (χ4n) is 3.22. The monoisotopic (exact) mass is 390 g/mol. The summed E-state index contributed by atoms with van der Waals surface area (Å²) in [5.41, 5.74) is 5.98. The second kappa shape index (κ2) is 11.1. The summed E-state index contributed by atoms with van der Waals surface area (Å²) in [6.07, 6.45) is 6.98. The molecule has 1 atom stereocenters. The van der Waals surface area contributed by atoms with E-state index in [1.165, 1.54) is 0 Å². The molecule has 1 aliphatic rings. The number of aliphatic imine (C=N–C) groups is 2. The van der Waals surface area contributed by atoms with Crippen LogP contribution in [0.15, 0.2) is 57.7 Å². The Balaban J connectivity index is 2.19. The third-order valence-electron chi connectivity index (χ3n) is 4.96. The second-order valence-electron chi connectivity index (χ2n) is 7.16. The first-order chi connectivity index (χ1) is 14.0. The van der Waals surface area contributed by atoms with Crippen molar-refractivity contribution in [2.75, 3.05) is 20.1 Å². The molecule has 0 amide bonds. The van der Waals surface area contributed by atoms with Gasteiger partial charge in [0.25, 0.3) is 6.57 Å². The van der Waals surface area contributed by atoms with Gasteiger partial charge in [0.05, 0.1) is 17.4 Å². The van der Waals surface area contributed by atoms with Crippen LogP contribution in [0.25, 0.3) is 16.1 Å². The predicted molar refractivity (Wildman–Crippen MR) is 127 cm³/mol. The molecule has 29 heavy (non-hydrogen) atoms. The third kappa shape index (κ3) is 6.55. The number of rotatable bonds is 6. The molecular formula is C24H32N5+. The van der Waals surface area contributed by atoms with E-state index in [1.54, 1.807) is 7.05 Å². The van der Waals surface area contributed by atoms with Gasteiger partial charge in [-0.25, -0.2) is 0 Å². The maximum absolute atomic E-state index is 5.69. The van der Waals surface area contributed by atoms with Crippen LogP contribution in [0.4, 0.5) is 0 Å². The summed E-state index contributed by atoms with van der Waals surface area (Å²) in [5.74, 6) is 0.927. The van der Waals surface area contributed by atoms with E-state index in [-0.39, 0.29) is 0 Å². The fourth-order valence-corrected chi connectivity index (χ4v) is 3.22. The molecule has 0 radical (unpaired) electrons. The minimum Gasteiger partial charge on any atom is -0.348 e. The van der Waals surface area contributed by atoms with Crippen molar-refractivity contribution < 1.29 is 0 Å². The highest BCUT2D eigenvalue weighted by molar-refractivity contribution is 6.09. The zero-order valence-corrected chi connectivity index (χ0v) is 18.2. The van der Waals surface area contributed by atoms with Crippen LogP contribution in [0.2, 0.25) is 0 Å². The molecule has 0 aromatic heterocycles. The molecule has 1 aliphatic heterocycles. The van der Waals surface area contributed by atoms with Crippen molar-refractivity contribution in [1.29, 1.82) is 0 Å². The second-order valence-corrected chi connectivity index (χ2v) is 7.16. The molecular weight excluding hydrogens is 358 g/mol. The first-order valence-corrected chi connectivity index (χ1v) is 10.00. The van der Waals surface area contributed by atoms with Crippen LogP contribution in [-0.4, -0.2) is 38.2 Å². The number of amidine groups is 1. The van der Waals surface area contributed by atoms with Crippen molar-refractivity contribution in [3.8, 4) is 6.57 Å². The minimum absolute atomic E-state index is 0.360. The van der Waals surface area contributed by atoms with Crippen LogP contribution in [0.5, 0.6) is 0 Å². The highest BCUT2D eigenvalue weighted by atomic mass is 15.0. The van der Waals surface area contributed by atoms with Gasteiger partial charge >= 0.3 is 5.70 Å². The molecule has 0 spiro atoms. The number of hydrogen-bond donors (Lipinski definition) is 2. The van der Waals surface area contributed by atoms with E-state index in [0.717, 1.165) is 59.0 Å². The maximum Gasteiger partial charge on any atom is 0.347 e. The summed E-state index contributed by atoms with van der Waals surface area (Å²) in [6.45, 7) is 15.8. The summed E-state index contributed by atoms with van der Waals surface area (Å²) in [6, 6.07) is 8.53. The summed E-state index contributed by atoms with van der Waals surface area (Å²) < 4.78 is 0. The Labute approximate surface area is 174 Å². The van der Waals surface area contributed by atoms with E-state index in [4.69, 9.17) is 11.6 Å². The Morgan fingerprint density at radius 3 is 2.45 bits per heavy atom. The summed E-state index contributed by atoms with van der Waals surface area (Å²) >= 11 is 0. The first-order valence-electron chi connectivity index (χ1n) is 10.00. The molecule has 2 rings (SSSR count). The van der Waals surface area contributed by atoms with Gasteiger partial charge in [0.15, 0.2) is 0 Å². The molecule has 2 N–H and O–H groups in total. The normalized spacial score (nSPS) is 19.3. The zero-order chi connectivity index (χ0) is 21.2. The quantitative estimate of drug-likeness (QED) is 0.418. The van der Waals surface area contributed by atoms with Crippen LogP contribution >= 0.6 is 0 Å². The van der Waals surface area contributed by atoms with Crippen molar-refractivity contribution in [3.05, 3.63) is 63.7 Å². The van der Waals surface area contributed by atoms with Gasteiger partial charge in [-0.05, 0) is 74.3 Å². The van der Waals surface area contributed by atoms with Gasteiger partial charge in [0.1, 0.15) is 0 Å². The standard InChI is InChI=1S/C24H32N5/c1-7-20(15-25-5)21-8-10-22(11-9-21)24(26-6)14-17(2)18(3)28-19(4)29-23-12-13-27-16-23/h6-11,14-15,23,27H,12-13,16H2,1-5H3,(H,28,29)/q+1/b18-17+,20-7+,24-14-,25-15?. The van der Waals surface area contributed by atoms with Gasteiger partial charge in [0.2, 0.25) is 0 Å². The van der Waals surface area contributed by atoms with E-state index >= 15 is 0 Å². The number of hydrogen-bond acceptors (Lipinski definition) is 3. The van der Waals surface area contributed by atoms with Crippen LogP contribution in [0, 0.1) is 6.57 Å². The lowest BCUT2D eigenvalue weighted by Gasteiger charge is -2.10. The van der Waals surface area contributed by atoms with Gasteiger partial charge < -0.3 is 10.6 Å². The summed E-state index contributed by atoms with van der Waals surface area (Å²) in [5, 5.41) is 6.72. The van der Waals surface area contributed by atoms with Crippen molar-refractivity contribution in [3.63, 3.8) is 0 Å². The Bertz CT molecular complexity index is 886. The third-order valence-corrected chi connectivity index (χ3v) is 4.96. The largest absolute Gasteiger partial charge is 0.348 e. The Morgan fingerprint density at radius 1 is 1.21 bits per heavy atom. The van der Waals surface area contributed by atoms with Crippen molar-refractivity contribution in [1.82, 2.24) is 10.6 Å². The van der Waals surface area contributed by atoms with E-state index in [9.17, 15) is 0 Å². The Morgan fingerprint density at radius 2 is 1.90 bits per heavy atom. The van der Waals surface area contributed by atoms with Crippen molar-refractivity contribution >= 4 is 23.3 Å². The van der Waals surface area contributed by atoms with Gasteiger partial charge in [-0.3, -0.25) is 9.98 Å².